The number of ether oxygens (including phenoxy) is 1. The molecule has 0 amide bonds. The number of methoxy groups -OCH3 is 1. The molecule has 1 rings (SSSR count). The highest BCUT2D eigenvalue weighted by Gasteiger charge is 2.47. The van der Waals surface area contributed by atoms with Crippen LogP contribution < -0.4 is 0 Å². The molecule has 0 saturated heterocycles. The molecular weight excluding hydrogens is 180 g/mol. The maximum absolute atomic E-state index is 11.9. The molecule has 0 aromatic carbocycles. The Morgan fingerprint density at radius 3 is 2.29 bits per heavy atom. The minimum Gasteiger partial charge on any atom is -0.468 e. The van der Waals surface area contributed by atoms with E-state index in [2.05, 4.69) is 0 Å². The van der Waals surface area contributed by atoms with Crippen LogP contribution >= 0.6 is 0 Å². The van der Waals surface area contributed by atoms with Crippen LogP contribution in [0, 0.1) is 5.41 Å². The van der Waals surface area contributed by atoms with Gasteiger partial charge in [-0.25, -0.2) is 0 Å². The number of carbonyl (C=O) groups excluding carboxylic acids is 2. The van der Waals surface area contributed by atoms with Crippen LogP contribution in [0.5, 0.6) is 0 Å². The van der Waals surface area contributed by atoms with Gasteiger partial charge in [0.25, 0.3) is 0 Å². The fourth-order valence-corrected chi connectivity index (χ4v) is 2.24. The van der Waals surface area contributed by atoms with Gasteiger partial charge >= 0.3 is 5.97 Å². The van der Waals surface area contributed by atoms with E-state index in [0.717, 1.165) is 19.3 Å². The topological polar surface area (TPSA) is 43.4 Å². The van der Waals surface area contributed by atoms with Crippen molar-refractivity contribution in [2.75, 3.05) is 7.11 Å². The van der Waals surface area contributed by atoms with Crippen molar-refractivity contribution in [1.29, 1.82) is 0 Å². The molecule has 1 aliphatic rings. The molecule has 1 saturated carbocycles. The summed E-state index contributed by atoms with van der Waals surface area (Å²) in [7, 11) is 1.36. The maximum atomic E-state index is 11.9. The average Bonchev–Trinajstić information content (AvgIpc) is 2.67. The van der Waals surface area contributed by atoms with Crippen LogP contribution in [0.3, 0.4) is 0 Å². The summed E-state index contributed by atoms with van der Waals surface area (Å²) in [6, 6.07) is 0. The summed E-state index contributed by atoms with van der Waals surface area (Å²) in [5.41, 5.74) is -0.787. The summed E-state index contributed by atoms with van der Waals surface area (Å²) < 4.78 is 4.75. The summed E-state index contributed by atoms with van der Waals surface area (Å²) in [4.78, 5) is 23.5. The van der Waals surface area contributed by atoms with Gasteiger partial charge in [-0.2, -0.15) is 0 Å². The van der Waals surface area contributed by atoms with Crippen molar-refractivity contribution < 1.29 is 14.3 Å². The number of hydrogen-bond acceptors (Lipinski definition) is 3. The second kappa shape index (κ2) is 4.58. The Kier molecular flexibility index (Phi) is 3.67. The van der Waals surface area contributed by atoms with E-state index < -0.39 is 5.41 Å². The standard InChI is InChI=1S/C11H18O3/c1-3-6-9(12)11(10(13)14-2)7-4-5-8-11/h3-8H2,1-2H3. The van der Waals surface area contributed by atoms with E-state index in [4.69, 9.17) is 4.74 Å². The third-order valence-corrected chi connectivity index (χ3v) is 3.04. The lowest BCUT2D eigenvalue weighted by Crippen LogP contribution is -2.37. The summed E-state index contributed by atoms with van der Waals surface area (Å²) in [5.74, 6) is -0.252. The highest BCUT2D eigenvalue weighted by molar-refractivity contribution is 6.04. The van der Waals surface area contributed by atoms with Crippen LogP contribution in [0.15, 0.2) is 0 Å². The number of rotatable bonds is 4. The number of hydrogen-bond donors (Lipinski definition) is 0. The van der Waals surface area contributed by atoms with Crippen molar-refractivity contribution >= 4 is 11.8 Å². The molecule has 1 fully saturated rings. The zero-order valence-electron chi connectivity index (χ0n) is 8.97. The van der Waals surface area contributed by atoms with Gasteiger partial charge in [0.15, 0.2) is 0 Å². The lowest BCUT2D eigenvalue weighted by atomic mass is 9.80. The van der Waals surface area contributed by atoms with Crippen LogP contribution in [0.4, 0.5) is 0 Å². The lowest BCUT2D eigenvalue weighted by molar-refractivity contribution is -0.157. The molecule has 0 spiro atoms. The maximum Gasteiger partial charge on any atom is 0.319 e. The molecule has 1 aliphatic carbocycles. The van der Waals surface area contributed by atoms with Gasteiger partial charge in [0.1, 0.15) is 11.2 Å². The highest BCUT2D eigenvalue weighted by Crippen LogP contribution is 2.41. The van der Waals surface area contributed by atoms with Crippen LogP contribution in [-0.4, -0.2) is 18.9 Å². The first-order valence-corrected chi connectivity index (χ1v) is 5.29. The number of carbonyl (C=O) groups is 2. The molecule has 0 N–H and O–H groups in total. The fraction of sp³-hybridized carbons (Fsp3) is 0.818. The Balaban J connectivity index is 2.81. The third kappa shape index (κ3) is 1.81. The number of esters is 1. The molecule has 3 heteroatoms. The van der Waals surface area contributed by atoms with Gasteiger partial charge in [-0.3, -0.25) is 9.59 Å². The lowest BCUT2D eigenvalue weighted by Gasteiger charge is -2.23. The Morgan fingerprint density at radius 2 is 1.86 bits per heavy atom. The molecule has 80 valence electrons. The summed E-state index contributed by atoms with van der Waals surface area (Å²) >= 11 is 0. The second-order valence-corrected chi connectivity index (χ2v) is 3.95. The zero-order chi connectivity index (χ0) is 10.6. The van der Waals surface area contributed by atoms with E-state index in [-0.39, 0.29) is 11.8 Å². The molecule has 0 aromatic rings. The second-order valence-electron chi connectivity index (χ2n) is 3.95. The van der Waals surface area contributed by atoms with Gasteiger partial charge < -0.3 is 4.74 Å². The van der Waals surface area contributed by atoms with Crippen molar-refractivity contribution in [1.82, 2.24) is 0 Å². The molecule has 0 aliphatic heterocycles. The van der Waals surface area contributed by atoms with Crippen molar-refractivity contribution in [3.8, 4) is 0 Å². The first-order chi connectivity index (χ1) is 6.67. The van der Waals surface area contributed by atoms with Gasteiger partial charge in [-0.05, 0) is 19.3 Å². The Labute approximate surface area is 84.8 Å². The quantitative estimate of drug-likeness (QED) is 0.513. The fourth-order valence-electron chi connectivity index (χ4n) is 2.24. The summed E-state index contributed by atoms with van der Waals surface area (Å²) in [6.45, 7) is 1.96. The molecular formula is C11H18O3. The minimum absolute atomic E-state index is 0.0735. The first kappa shape index (κ1) is 11.2. The monoisotopic (exact) mass is 198 g/mol. The van der Waals surface area contributed by atoms with Gasteiger partial charge in [0.05, 0.1) is 7.11 Å². The number of Topliss-reactive ketones (excluding diaryl/α,β-unsaturated/α-hetero) is 1. The van der Waals surface area contributed by atoms with E-state index in [1.807, 2.05) is 6.92 Å². The van der Waals surface area contributed by atoms with Crippen LogP contribution in [0.1, 0.15) is 45.4 Å². The predicted molar refractivity (Wildman–Crippen MR) is 52.8 cm³/mol. The van der Waals surface area contributed by atoms with Crippen molar-refractivity contribution in [3.63, 3.8) is 0 Å². The molecule has 14 heavy (non-hydrogen) atoms. The molecule has 0 bridgehead atoms. The van der Waals surface area contributed by atoms with Crippen molar-refractivity contribution in [2.45, 2.75) is 45.4 Å². The van der Waals surface area contributed by atoms with Crippen LogP contribution in [-0.2, 0) is 14.3 Å². The van der Waals surface area contributed by atoms with Gasteiger partial charge in [-0.1, -0.05) is 19.8 Å². The van der Waals surface area contributed by atoms with Gasteiger partial charge in [0, 0.05) is 6.42 Å². The first-order valence-electron chi connectivity index (χ1n) is 5.29. The van der Waals surface area contributed by atoms with Crippen molar-refractivity contribution in [2.24, 2.45) is 5.41 Å². The van der Waals surface area contributed by atoms with E-state index >= 15 is 0 Å². The molecule has 0 atom stereocenters. The Morgan fingerprint density at radius 1 is 1.29 bits per heavy atom. The summed E-state index contributed by atoms with van der Waals surface area (Å²) in [5, 5.41) is 0. The normalized spacial score (nSPS) is 19.3. The van der Waals surface area contributed by atoms with Crippen LogP contribution in [0.2, 0.25) is 0 Å². The molecule has 0 radical (unpaired) electrons. The van der Waals surface area contributed by atoms with Crippen LogP contribution in [0.25, 0.3) is 0 Å². The smallest absolute Gasteiger partial charge is 0.319 e. The van der Waals surface area contributed by atoms with Crippen molar-refractivity contribution in [3.05, 3.63) is 0 Å². The molecule has 0 aromatic heterocycles. The van der Waals surface area contributed by atoms with Gasteiger partial charge in [-0.15, -0.1) is 0 Å². The Bertz CT molecular complexity index is 227. The van der Waals surface area contributed by atoms with Gasteiger partial charge in [0.2, 0.25) is 0 Å². The molecule has 0 heterocycles. The highest BCUT2D eigenvalue weighted by atomic mass is 16.5. The molecule has 3 nitrogen and oxygen atoms in total. The summed E-state index contributed by atoms with van der Waals surface area (Å²) in [6.07, 6.45) is 4.58. The minimum atomic E-state index is -0.787. The largest absolute Gasteiger partial charge is 0.468 e. The van der Waals surface area contributed by atoms with E-state index in [0.29, 0.717) is 19.3 Å². The van der Waals surface area contributed by atoms with E-state index in [1.54, 1.807) is 0 Å². The average molecular weight is 198 g/mol. The SMILES string of the molecule is CCCC(=O)C1(C(=O)OC)CCCC1. The Hall–Kier alpha value is -0.860. The van der Waals surface area contributed by atoms with E-state index in [9.17, 15) is 9.59 Å². The number of ketones is 1. The zero-order valence-corrected chi connectivity index (χ0v) is 8.97. The van der Waals surface area contributed by atoms with E-state index in [1.165, 1.54) is 7.11 Å². The predicted octanol–water partition coefficient (Wildman–Crippen LogP) is 2.09. The molecule has 0 unspecified atom stereocenters. The third-order valence-electron chi connectivity index (χ3n) is 3.04.